The summed E-state index contributed by atoms with van der Waals surface area (Å²) in [6.07, 6.45) is 22.0. The summed E-state index contributed by atoms with van der Waals surface area (Å²) in [5, 5.41) is 0. The van der Waals surface area contributed by atoms with E-state index in [2.05, 4.69) is 25.6 Å². The van der Waals surface area contributed by atoms with Crippen molar-refractivity contribution in [3.63, 3.8) is 0 Å². The van der Waals surface area contributed by atoms with Gasteiger partial charge in [-0.1, -0.05) is 117 Å². The van der Waals surface area contributed by atoms with Crippen molar-refractivity contribution in [3.05, 3.63) is 23.5 Å². The highest BCUT2D eigenvalue weighted by Crippen LogP contribution is 2.42. The monoisotopic (exact) mass is 487 g/mol. The van der Waals surface area contributed by atoms with Gasteiger partial charge >= 0.3 is 0 Å². The third-order valence-corrected chi connectivity index (χ3v) is 6.39. The lowest BCUT2D eigenvalue weighted by molar-refractivity contribution is 0.234. The molecule has 0 aliphatic rings. The number of unbranched alkanes of at least 4 members (excludes halogenated alkanes) is 15. The molecule has 0 aliphatic heterocycles. The first-order chi connectivity index (χ1) is 17.3. The maximum atomic E-state index is 7.54. The van der Waals surface area contributed by atoms with Gasteiger partial charge in [0.1, 0.15) is 0 Å². The molecule has 0 aromatic heterocycles. The van der Waals surface area contributed by atoms with E-state index < -0.39 is 0 Å². The van der Waals surface area contributed by atoms with Crippen LogP contribution in [0.2, 0.25) is 0 Å². The van der Waals surface area contributed by atoms with Gasteiger partial charge in [0, 0.05) is 0 Å². The van der Waals surface area contributed by atoms with Gasteiger partial charge in [0.15, 0.2) is 17.2 Å². The molecule has 35 heavy (non-hydrogen) atoms. The Hall–Kier alpha value is -1.89. The van der Waals surface area contributed by atoms with E-state index in [1.165, 1.54) is 96.3 Å². The molecule has 4 heteroatoms. The summed E-state index contributed by atoms with van der Waals surface area (Å²) in [6, 6.07) is 3.64. The van der Waals surface area contributed by atoms with Crippen molar-refractivity contribution in [2.75, 3.05) is 19.8 Å². The van der Waals surface area contributed by atoms with E-state index >= 15 is 0 Å². The Morgan fingerprint density at radius 1 is 0.514 bits per heavy atom. The lowest BCUT2D eigenvalue weighted by atomic mass is 10.1. The molecular weight excluding hydrogens is 434 g/mol. The van der Waals surface area contributed by atoms with Gasteiger partial charge in [-0.25, -0.2) is 4.85 Å². The first kappa shape index (κ1) is 31.1. The van der Waals surface area contributed by atoms with Gasteiger partial charge < -0.3 is 14.2 Å². The van der Waals surface area contributed by atoms with Crippen LogP contribution in [0.5, 0.6) is 17.2 Å². The number of hydrogen-bond donors (Lipinski definition) is 0. The van der Waals surface area contributed by atoms with E-state index in [1.54, 1.807) is 0 Å². The summed E-state index contributed by atoms with van der Waals surface area (Å²) in [5.41, 5.74) is 0.549. The number of benzene rings is 1. The SMILES string of the molecule is [C-]#[N+]c1cc(OCCCCCCCC)c(OCCCCCCCC)c(OCCCCCCCC)c1. The Balaban J connectivity index is 2.70. The molecule has 0 spiro atoms. The van der Waals surface area contributed by atoms with Gasteiger partial charge in [0.2, 0.25) is 5.75 Å². The highest BCUT2D eigenvalue weighted by atomic mass is 16.5. The summed E-state index contributed by atoms with van der Waals surface area (Å²) in [5.74, 6) is 2.01. The normalized spacial score (nSPS) is 10.8. The molecule has 1 aromatic rings. The van der Waals surface area contributed by atoms with Crippen LogP contribution in [0.3, 0.4) is 0 Å². The smallest absolute Gasteiger partial charge is 0.200 e. The third-order valence-electron chi connectivity index (χ3n) is 6.39. The van der Waals surface area contributed by atoms with Crippen molar-refractivity contribution in [3.8, 4) is 17.2 Å². The van der Waals surface area contributed by atoms with Crippen molar-refractivity contribution in [2.24, 2.45) is 0 Å². The van der Waals surface area contributed by atoms with Crippen molar-refractivity contribution in [2.45, 2.75) is 136 Å². The Bertz CT molecular complexity index is 629. The summed E-state index contributed by atoms with van der Waals surface area (Å²) < 4.78 is 18.6. The summed E-state index contributed by atoms with van der Waals surface area (Å²) in [6.45, 7) is 16.2. The quantitative estimate of drug-likeness (QED) is 0.107. The molecule has 0 unspecified atom stereocenters. The Kier molecular flexibility index (Phi) is 20.1. The van der Waals surface area contributed by atoms with Crippen LogP contribution in [0, 0.1) is 6.57 Å². The van der Waals surface area contributed by atoms with Crippen LogP contribution >= 0.6 is 0 Å². The molecule has 200 valence electrons. The zero-order chi connectivity index (χ0) is 25.4. The lowest BCUT2D eigenvalue weighted by Crippen LogP contribution is -2.06. The van der Waals surface area contributed by atoms with E-state index in [9.17, 15) is 0 Å². The second-order valence-electron chi connectivity index (χ2n) is 9.73. The van der Waals surface area contributed by atoms with Crippen LogP contribution in [0.25, 0.3) is 4.85 Å². The molecule has 0 fully saturated rings. The molecule has 1 rings (SSSR count). The van der Waals surface area contributed by atoms with Crippen LogP contribution in [-0.2, 0) is 0 Å². The van der Waals surface area contributed by atoms with E-state index in [0.29, 0.717) is 42.8 Å². The minimum absolute atomic E-state index is 0.549. The number of hydrogen-bond acceptors (Lipinski definition) is 3. The highest BCUT2D eigenvalue weighted by molar-refractivity contribution is 5.63. The standard InChI is InChI=1S/C31H53NO3/c1-5-8-11-14-17-20-23-33-29-26-28(32-4)27-30(34-24-21-18-15-12-9-6-2)31(29)35-25-22-19-16-13-10-7-3/h26-27H,5-25H2,1-3H3. The molecule has 0 atom stereocenters. The Morgan fingerprint density at radius 3 is 1.23 bits per heavy atom. The molecule has 4 nitrogen and oxygen atoms in total. The van der Waals surface area contributed by atoms with Gasteiger partial charge in [-0.3, -0.25) is 0 Å². The van der Waals surface area contributed by atoms with Crippen LogP contribution < -0.4 is 14.2 Å². The Labute approximate surface area is 216 Å². The molecule has 0 radical (unpaired) electrons. The van der Waals surface area contributed by atoms with Crippen LogP contribution in [0.15, 0.2) is 12.1 Å². The minimum atomic E-state index is 0.549. The predicted octanol–water partition coefficient (Wildman–Crippen LogP) is 10.5. The van der Waals surface area contributed by atoms with Gasteiger partial charge in [-0.15, -0.1) is 0 Å². The fourth-order valence-electron chi connectivity index (χ4n) is 4.17. The molecule has 0 saturated carbocycles. The van der Waals surface area contributed by atoms with Crippen LogP contribution in [-0.4, -0.2) is 19.8 Å². The van der Waals surface area contributed by atoms with Crippen molar-refractivity contribution in [1.82, 2.24) is 0 Å². The molecule has 0 heterocycles. The largest absolute Gasteiger partial charge is 0.491 e. The summed E-state index contributed by atoms with van der Waals surface area (Å²) in [4.78, 5) is 3.66. The molecule has 0 N–H and O–H groups in total. The molecule has 1 aromatic carbocycles. The third kappa shape index (κ3) is 15.7. The zero-order valence-corrected chi connectivity index (χ0v) is 23.2. The van der Waals surface area contributed by atoms with Gasteiger partial charge in [0.25, 0.3) is 0 Å². The second kappa shape index (κ2) is 22.6. The highest BCUT2D eigenvalue weighted by Gasteiger charge is 2.16. The minimum Gasteiger partial charge on any atom is -0.491 e. The van der Waals surface area contributed by atoms with E-state index in [4.69, 9.17) is 20.8 Å². The maximum absolute atomic E-state index is 7.54. The first-order valence-corrected chi connectivity index (χ1v) is 14.7. The summed E-state index contributed by atoms with van der Waals surface area (Å²) >= 11 is 0. The average molecular weight is 488 g/mol. The van der Waals surface area contributed by atoms with E-state index in [-0.39, 0.29) is 0 Å². The fourth-order valence-corrected chi connectivity index (χ4v) is 4.17. The van der Waals surface area contributed by atoms with E-state index in [1.807, 2.05) is 12.1 Å². The topological polar surface area (TPSA) is 32.0 Å². The summed E-state index contributed by atoms with van der Waals surface area (Å²) in [7, 11) is 0. The number of rotatable bonds is 24. The van der Waals surface area contributed by atoms with Crippen molar-refractivity contribution < 1.29 is 14.2 Å². The Morgan fingerprint density at radius 2 is 0.857 bits per heavy atom. The van der Waals surface area contributed by atoms with Crippen LogP contribution in [0.4, 0.5) is 5.69 Å². The number of ether oxygens (including phenoxy) is 3. The van der Waals surface area contributed by atoms with Crippen LogP contribution in [0.1, 0.15) is 136 Å². The van der Waals surface area contributed by atoms with Crippen molar-refractivity contribution >= 4 is 5.69 Å². The predicted molar refractivity (Wildman–Crippen MR) is 149 cm³/mol. The lowest BCUT2D eigenvalue weighted by Gasteiger charge is -2.18. The molecule has 0 aliphatic carbocycles. The number of nitrogens with zero attached hydrogens (tertiary/aromatic N) is 1. The average Bonchev–Trinajstić information content (AvgIpc) is 2.87. The molecule has 0 amide bonds. The van der Waals surface area contributed by atoms with Gasteiger partial charge in [-0.05, 0) is 31.4 Å². The van der Waals surface area contributed by atoms with Crippen molar-refractivity contribution in [1.29, 1.82) is 0 Å². The first-order valence-electron chi connectivity index (χ1n) is 14.7. The molecule has 0 saturated heterocycles. The van der Waals surface area contributed by atoms with Gasteiger partial charge in [0.05, 0.1) is 26.4 Å². The molecule has 0 bridgehead atoms. The van der Waals surface area contributed by atoms with E-state index in [0.717, 1.165) is 19.3 Å². The fraction of sp³-hybridized carbons (Fsp3) is 0.774. The maximum Gasteiger partial charge on any atom is 0.200 e. The molecular formula is C31H53NO3. The van der Waals surface area contributed by atoms with Gasteiger partial charge in [-0.2, -0.15) is 0 Å². The zero-order valence-electron chi connectivity index (χ0n) is 23.2. The second-order valence-corrected chi connectivity index (χ2v) is 9.73.